The average molecular weight is 338 g/mol. The number of non-ortho nitro benzene ring substituents is 1. The summed E-state index contributed by atoms with van der Waals surface area (Å²) in [6, 6.07) is 6.78. The van der Waals surface area contributed by atoms with Gasteiger partial charge >= 0.3 is 0 Å². The third kappa shape index (κ3) is 3.60. The zero-order chi connectivity index (χ0) is 14.5. The fraction of sp³-hybridized carbons (Fsp3) is 0.286. The molecule has 0 saturated heterocycles. The normalized spacial score (nSPS) is 10.5. The molecule has 0 bridgehead atoms. The van der Waals surface area contributed by atoms with Crippen LogP contribution in [-0.4, -0.2) is 9.49 Å². The lowest BCUT2D eigenvalue weighted by Gasteiger charge is -2.07. The average Bonchev–Trinajstić information content (AvgIpc) is 2.85. The summed E-state index contributed by atoms with van der Waals surface area (Å²) < 4.78 is 2.85. The molecule has 0 aliphatic rings. The molecule has 0 aliphatic carbocycles. The molecule has 0 fully saturated rings. The zero-order valence-corrected chi connectivity index (χ0v) is 12.8. The highest BCUT2D eigenvalue weighted by Crippen LogP contribution is 2.27. The van der Waals surface area contributed by atoms with Crippen LogP contribution in [0.5, 0.6) is 0 Å². The van der Waals surface area contributed by atoms with Crippen molar-refractivity contribution in [3.63, 3.8) is 0 Å². The van der Waals surface area contributed by atoms with Gasteiger partial charge in [-0.2, -0.15) is 0 Å². The Morgan fingerprint density at radius 3 is 2.85 bits per heavy atom. The second kappa shape index (κ2) is 6.56. The summed E-state index contributed by atoms with van der Waals surface area (Å²) in [7, 11) is 0. The molecule has 106 valence electrons. The molecule has 1 aromatic heterocycles. The van der Waals surface area contributed by atoms with Crippen LogP contribution in [0, 0.1) is 10.1 Å². The zero-order valence-electron chi connectivity index (χ0n) is 11.2. The second-order valence-electron chi connectivity index (χ2n) is 4.53. The number of nitro groups is 1. The third-order valence-corrected chi connectivity index (χ3v) is 3.60. The van der Waals surface area contributed by atoms with E-state index in [4.69, 9.17) is 0 Å². The summed E-state index contributed by atoms with van der Waals surface area (Å²) in [5, 5.41) is 13.9. The van der Waals surface area contributed by atoms with Crippen LogP contribution in [0.25, 0.3) is 0 Å². The van der Waals surface area contributed by atoms with Crippen molar-refractivity contribution >= 4 is 27.3 Å². The van der Waals surface area contributed by atoms with Gasteiger partial charge in [0, 0.05) is 47.8 Å². The summed E-state index contributed by atoms with van der Waals surface area (Å²) in [5.74, 6) is 0. The van der Waals surface area contributed by atoms with Crippen LogP contribution in [0.2, 0.25) is 0 Å². The standard InChI is InChI=1S/C14H16BrN3O2/c1-2-6-17-7-5-11(10-17)9-16-14-4-3-12(18(19)20)8-13(14)15/h3-5,7-8,10,16H,2,6,9H2,1H3. The van der Waals surface area contributed by atoms with Gasteiger partial charge in [-0.05, 0) is 40.0 Å². The molecule has 0 saturated carbocycles. The van der Waals surface area contributed by atoms with Gasteiger partial charge in [0.15, 0.2) is 0 Å². The van der Waals surface area contributed by atoms with Gasteiger partial charge in [0.25, 0.3) is 5.69 Å². The van der Waals surface area contributed by atoms with E-state index in [2.05, 4.69) is 51.2 Å². The highest BCUT2D eigenvalue weighted by molar-refractivity contribution is 9.10. The predicted molar refractivity (Wildman–Crippen MR) is 82.8 cm³/mol. The van der Waals surface area contributed by atoms with E-state index in [9.17, 15) is 10.1 Å². The molecule has 0 aliphatic heterocycles. The van der Waals surface area contributed by atoms with E-state index in [1.807, 2.05) is 0 Å². The van der Waals surface area contributed by atoms with Crippen molar-refractivity contribution in [3.05, 3.63) is 56.8 Å². The lowest BCUT2D eigenvalue weighted by Crippen LogP contribution is -2.00. The number of halogens is 1. The Hall–Kier alpha value is -1.82. The number of rotatable bonds is 6. The van der Waals surface area contributed by atoms with Gasteiger partial charge < -0.3 is 9.88 Å². The molecular formula is C14H16BrN3O2. The molecule has 5 nitrogen and oxygen atoms in total. The first-order valence-electron chi connectivity index (χ1n) is 6.42. The molecular weight excluding hydrogens is 322 g/mol. The molecule has 20 heavy (non-hydrogen) atoms. The number of nitro benzene ring substituents is 1. The summed E-state index contributed by atoms with van der Waals surface area (Å²) >= 11 is 3.35. The molecule has 1 aromatic carbocycles. The number of anilines is 1. The van der Waals surface area contributed by atoms with E-state index >= 15 is 0 Å². The van der Waals surface area contributed by atoms with E-state index in [0.29, 0.717) is 11.0 Å². The fourth-order valence-corrected chi connectivity index (χ4v) is 2.46. The van der Waals surface area contributed by atoms with Crippen molar-refractivity contribution in [1.29, 1.82) is 0 Å². The van der Waals surface area contributed by atoms with Gasteiger partial charge in [-0.1, -0.05) is 6.92 Å². The highest BCUT2D eigenvalue weighted by atomic mass is 79.9. The summed E-state index contributed by atoms with van der Waals surface area (Å²) in [4.78, 5) is 10.3. The van der Waals surface area contributed by atoms with Gasteiger partial charge in [-0.3, -0.25) is 10.1 Å². The summed E-state index contributed by atoms with van der Waals surface area (Å²) in [6.45, 7) is 3.85. The van der Waals surface area contributed by atoms with Gasteiger partial charge in [-0.15, -0.1) is 0 Å². The van der Waals surface area contributed by atoms with Gasteiger partial charge in [0.2, 0.25) is 0 Å². The highest BCUT2D eigenvalue weighted by Gasteiger charge is 2.08. The molecule has 2 rings (SSSR count). The lowest BCUT2D eigenvalue weighted by molar-refractivity contribution is -0.384. The van der Waals surface area contributed by atoms with Crippen LogP contribution in [0.4, 0.5) is 11.4 Å². The van der Waals surface area contributed by atoms with Gasteiger partial charge in [0.1, 0.15) is 0 Å². The van der Waals surface area contributed by atoms with Crippen LogP contribution in [0.1, 0.15) is 18.9 Å². The molecule has 0 atom stereocenters. The van der Waals surface area contributed by atoms with Crippen molar-refractivity contribution in [3.8, 4) is 0 Å². The van der Waals surface area contributed by atoms with Crippen LogP contribution >= 0.6 is 15.9 Å². The largest absolute Gasteiger partial charge is 0.380 e. The maximum absolute atomic E-state index is 10.7. The number of aromatic nitrogens is 1. The van der Waals surface area contributed by atoms with Crippen LogP contribution in [0.15, 0.2) is 41.1 Å². The Morgan fingerprint density at radius 1 is 1.40 bits per heavy atom. The van der Waals surface area contributed by atoms with E-state index in [1.54, 1.807) is 6.07 Å². The smallest absolute Gasteiger partial charge is 0.270 e. The molecule has 6 heteroatoms. The number of nitrogens with one attached hydrogen (secondary N) is 1. The fourth-order valence-electron chi connectivity index (χ4n) is 1.95. The van der Waals surface area contributed by atoms with Crippen LogP contribution in [-0.2, 0) is 13.1 Å². The quantitative estimate of drug-likeness (QED) is 0.635. The number of nitrogens with zero attached hydrogens (tertiary/aromatic N) is 2. The molecule has 1 N–H and O–H groups in total. The summed E-state index contributed by atoms with van der Waals surface area (Å²) in [5.41, 5.74) is 2.11. The van der Waals surface area contributed by atoms with Crippen molar-refractivity contribution < 1.29 is 4.92 Å². The van der Waals surface area contributed by atoms with E-state index in [1.165, 1.54) is 17.7 Å². The first-order chi connectivity index (χ1) is 9.60. The van der Waals surface area contributed by atoms with E-state index in [-0.39, 0.29) is 5.69 Å². The van der Waals surface area contributed by atoms with E-state index in [0.717, 1.165) is 18.7 Å². The van der Waals surface area contributed by atoms with E-state index < -0.39 is 4.92 Å². The maximum Gasteiger partial charge on any atom is 0.270 e. The van der Waals surface area contributed by atoms with Gasteiger partial charge in [-0.25, -0.2) is 0 Å². The summed E-state index contributed by atoms with van der Waals surface area (Å²) in [6.07, 6.45) is 5.27. The number of benzene rings is 1. The minimum atomic E-state index is -0.403. The van der Waals surface area contributed by atoms with Crippen molar-refractivity contribution in [2.75, 3.05) is 5.32 Å². The number of hydrogen-bond acceptors (Lipinski definition) is 3. The molecule has 0 amide bonds. The maximum atomic E-state index is 10.7. The Balaban J connectivity index is 2.01. The first kappa shape index (κ1) is 14.6. The molecule has 0 unspecified atom stereocenters. The minimum Gasteiger partial charge on any atom is -0.380 e. The molecule has 0 radical (unpaired) electrons. The Morgan fingerprint density at radius 2 is 2.20 bits per heavy atom. The Kier molecular flexibility index (Phi) is 4.79. The van der Waals surface area contributed by atoms with Gasteiger partial charge in [0.05, 0.1) is 4.92 Å². The molecule has 2 aromatic rings. The monoisotopic (exact) mass is 337 g/mol. The van der Waals surface area contributed by atoms with Crippen LogP contribution in [0.3, 0.4) is 0 Å². The second-order valence-corrected chi connectivity index (χ2v) is 5.39. The third-order valence-electron chi connectivity index (χ3n) is 2.94. The van der Waals surface area contributed by atoms with Crippen molar-refractivity contribution in [2.45, 2.75) is 26.4 Å². The Labute approximate surface area is 125 Å². The number of aryl methyl sites for hydroxylation is 1. The predicted octanol–water partition coefficient (Wildman–Crippen LogP) is 4.18. The van der Waals surface area contributed by atoms with Crippen molar-refractivity contribution in [2.24, 2.45) is 0 Å². The van der Waals surface area contributed by atoms with Crippen LogP contribution < -0.4 is 5.32 Å². The number of hydrogen-bond donors (Lipinski definition) is 1. The lowest BCUT2D eigenvalue weighted by atomic mass is 10.2. The molecule has 1 heterocycles. The minimum absolute atomic E-state index is 0.0801. The SMILES string of the molecule is CCCn1ccc(CNc2ccc([N+](=O)[O-])cc2Br)c1. The molecule has 0 spiro atoms. The first-order valence-corrected chi connectivity index (χ1v) is 7.22. The topological polar surface area (TPSA) is 60.1 Å². The van der Waals surface area contributed by atoms with Crippen molar-refractivity contribution in [1.82, 2.24) is 4.57 Å². The Bertz CT molecular complexity index is 610.